The number of hydrogen-bond acceptors (Lipinski definition) is 8. The molecule has 4 atom stereocenters. The van der Waals surface area contributed by atoms with Crippen molar-refractivity contribution >= 4 is 66.2 Å². The maximum atomic E-state index is 14.6. The average molecular weight is 969 g/mol. The molecule has 10 nitrogen and oxygen atoms in total. The van der Waals surface area contributed by atoms with E-state index < -0.39 is 21.9 Å². The first-order valence-electron chi connectivity index (χ1n) is 25.4. The van der Waals surface area contributed by atoms with Crippen LogP contribution in [0.1, 0.15) is 112 Å². The Morgan fingerprint density at radius 3 is 1.16 bits per heavy atom. The Kier molecular flexibility index (Phi) is 7.71. The van der Waals surface area contributed by atoms with Crippen LogP contribution in [0.3, 0.4) is 0 Å². The summed E-state index contributed by atoms with van der Waals surface area (Å²) in [6.45, 7) is 11.1. The molecule has 0 amide bonds. The molecule has 12 aromatic rings. The van der Waals surface area contributed by atoms with Gasteiger partial charge < -0.3 is 17.7 Å². The highest BCUT2D eigenvalue weighted by atomic mass is 16.4. The Morgan fingerprint density at radius 1 is 0.392 bits per heavy atom. The van der Waals surface area contributed by atoms with Crippen LogP contribution in [0.2, 0.25) is 0 Å². The Morgan fingerprint density at radius 2 is 0.743 bits per heavy atom. The van der Waals surface area contributed by atoms with Crippen molar-refractivity contribution in [2.75, 3.05) is 0 Å². The molecular formula is C64H44N2O8. The second-order valence-electron chi connectivity index (χ2n) is 21.8. The van der Waals surface area contributed by atoms with E-state index in [-0.39, 0.29) is 56.3 Å². The van der Waals surface area contributed by atoms with E-state index in [1.54, 1.807) is 24.3 Å². The zero-order chi connectivity index (χ0) is 50.2. The molecule has 0 saturated heterocycles. The highest BCUT2D eigenvalue weighted by Gasteiger charge is 2.61. The van der Waals surface area contributed by atoms with Crippen molar-refractivity contribution in [3.63, 3.8) is 0 Å². The number of aromatic nitrogens is 2. The molecule has 4 unspecified atom stereocenters. The number of fused-ring (bicyclic) bond motifs is 6. The molecular weight excluding hydrogens is 925 g/mol. The Balaban J connectivity index is 0.897. The standard InChI is InChI=1S/C64H44N2O8/c1-29(2)63-43-13-9-10-14-44(43)64(30(3)4,46-26-54-53(25-45(46)63)71-49-21-39-40(22-50(49)72-54)60(68)65(6)59(39)67)48-28-56-55(27-47(48)63)73-51-23-41-42(24-52(51)74-56)62(70)66(61(41)69)32-16-18-36-38(20-32)58-34-12-8-7-11-33(34)57(36)37-19-31(5)15-17-35(37)58/h7-30,57-58H,1-6H3. The normalized spacial score (nSPS) is 19.8. The summed E-state index contributed by atoms with van der Waals surface area (Å²) in [6.07, 6.45) is 0. The molecule has 10 heteroatoms. The van der Waals surface area contributed by atoms with Crippen LogP contribution in [-0.4, -0.2) is 9.13 Å². The summed E-state index contributed by atoms with van der Waals surface area (Å²) in [5, 5.41) is 1.07. The second kappa shape index (κ2) is 13.6. The average Bonchev–Trinajstić information content (AvgIpc) is 3.92. The van der Waals surface area contributed by atoms with Gasteiger partial charge in [0.25, 0.3) is 22.2 Å². The third-order valence-corrected chi connectivity index (χ3v) is 17.8. The molecule has 0 fully saturated rings. The minimum Gasteiger partial charge on any atom is -0.449 e. The molecule has 18 rings (SSSR count). The van der Waals surface area contributed by atoms with Crippen LogP contribution in [0.15, 0.2) is 170 Å². The summed E-state index contributed by atoms with van der Waals surface area (Å²) in [5.41, 5.74) is 16.3. The van der Waals surface area contributed by atoms with Gasteiger partial charge in [0.15, 0.2) is 44.7 Å². The van der Waals surface area contributed by atoms with E-state index >= 15 is 0 Å². The maximum Gasteiger partial charge on any atom is 0.266 e. The van der Waals surface area contributed by atoms with Crippen LogP contribution in [0.4, 0.5) is 0 Å². The molecule has 6 aliphatic rings. The molecule has 0 aliphatic heterocycles. The fourth-order valence-corrected chi connectivity index (χ4v) is 14.8. The minimum absolute atomic E-state index is 0.00378. The zero-order valence-corrected chi connectivity index (χ0v) is 41.2. The van der Waals surface area contributed by atoms with Gasteiger partial charge in [-0.05, 0) is 146 Å². The van der Waals surface area contributed by atoms with Crippen molar-refractivity contribution in [2.24, 2.45) is 18.9 Å². The predicted octanol–water partition coefficient (Wildman–Crippen LogP) is 12.5. The summed E-state index contributed by atoms with van der Waals surface area (Å²) < 4.78 is 29.5. The summed E-state index contributed by atoms with van der Waals surface area (Å²) in [6, 6.07) is 45.0. The summed E-state index contributed by atoms with van der Waals surface area (Å²) in [4.78, 5) is 55.4. The molecule has 4 bridgehead atoms. The van der Waals surface area contributed by atoms with Crippen LogP contribution in [-0.2, 0) is 17.9 Å². The molecule has 358 valence electrons. The van der Waals surface area contributed by atoms with Crippen LogP contribution >= 0.6 is 0 Å². The van der Waals surface area contributed by atoms with Crippen molar-refractivity contribution in [3.8, 4) is 5.69 Å². The molecule has 0 N–H and O–H groups in total. The fourth-order valence-electron chi connectivity index (χ4n) is 14.8. The summed E-state index contributed by atoms with van der Waals surface area (Å²) >= 11 is 0. The van der Waals surface area contributed by atoms with Gasteiger partial charge in [-0.1, -0.05) is 106 Å². The molecule has 0 spiro atoms. The first-order chi connectivity index (χ1) is 35.8. The topological polar surface area (TPSA) is 131 Å². The lowest BCUT2D eigenvalue weighted by Crippen LogP contribution is -2.55. The number of nitrogens with zero attached hydrogens (tertiary/aromatic N) is 2. The maximum absolute atomic E-state index is 14.6. The molecule has 74 heavy (non-hydrogen) atoms. The smallest absolute Gasteiger partial charge is 0.266 e. The van der Waals surface area contributed by atoms with Gasteiger partial charge in [0.05, 0.1) is 27.2 Å². The lowest BCUT2D eigenvalue weighted by molar-refractivity contribution is 0.325. The molecule has 0 radical (unpaired) electrons. The van der Waals surface area contributed by atoms with Crippen molar-refractivity contribution in [3.05, 3.63) is 247 Å². The highest BCUT2D eigenvalue weighted by molar-refractivity contribution is 5.97. The van der Waals surface area contributed by atoms with E-state index in [0.717, 1.165) is 32.4 Å². The molecule has 6 aliphatic carbocycles. The molecule has 4 heterocycles. The van der Waals surface area contributed by atoms with E-state index in [1.165, 1.54) is 56.1 Å². The third kappa shape index (κ3) is 4.74. The van der Waals surface area contributed by atoms with Gasteiger partial charge >= 0.3 is 0 Å². The first kappa shape index (κ1) is 41.8. The van der Waals surface area contributed by atoms with E-state index in [1.807, 2.05) is 12.1 Å². The van der Waals surface area contributed by atoms with E-state index in [0.29, 0.717) is 50.4 Å². The van der Waals surface area contributed by atoms with Gasteiger partial charge in [0.2, 0.25) is 0 Å². The van der Waals surface area contributed by atoms with E-state index in [2.05, 4.69) is 132 Å². The van der Waals surface area contributed by atoms with E-state index in [9.17, 15) is 19.2 Å². The van der Waals surface area contributed by atoms with Crippen molar-refractivity contribution in [1.82, 2.24) is 9.13 Å². The lowest BCUT2D eigenvalue weighted by Gasteiger charge is -2.59. The Labute approximate surface area is 420 Å². The fraction of sp³-hybridized carbons (Fsp3) is 0.188. The van der Waals surface area contributed by atoms with Crippen LogP contribution in [0, 0.1) is 18.8 Å². The number of benzene rings is 8. The third-order valence-electron chi connectivity index (χ3n) is 17.8. The van der Waals surface area contributed by atoms with Gasteiger partial charge in [-0.3, -0.25) is 23.7 Å². The van der Waals surface area contributed by atoms with Gasteiger partial charge in [-0.2, -0.15) is 0 Å². The number of rotatable bonds is 3. The SMILES string of the molecule is Cc1ccc2c(c1)C1c3ccccc3C2c2cc(-n3c(=O)c4cc5oc6cc7c(cc6oc5cc4c3=O)C3(C(C)C)c4ccccc4C7(C(C)C)c4cc5oc6cc7c(=O)n(C)c(=O)c7cc6oc5cc43)ccc21. The Bertz CT molecular complexity index is 4680. The quantitative estimate of drug-likeness (QED) is 0.160. The largest absolute Gasteiger partial charge is 0.449 e. The van der Waals surface area contributed by atoms with Gasteiger partial charge in [0.1, 0.15) is 0 Å². The van der Waals surface area contributed by atoms with Gasteiger partial charge in [-0.15, -0.1) is 0 Å². The summed E-state index contributed by atoms with van der Waals surface area (Å²) in [7, 11) is 1.47. The van der Waals surface area contributed by atoms with Crippen LogP contribution in [0.25, 0.3) is 71.9 Å². The molecule has 0 saturated carbocycles. The highest BCUT2D eigenvalue weighted by Crippen LogP contribution is 2.67. The first-order valence-corrected chi connectivity index (χ1v) is 25.4. The van der Waals surface area contributed by atoms with Crippen LogP contribution < -0.4 is 22.2 Å². The van der Waals surface area contributed by atoms with Crippen molar-refractivity contribution < 1.29 is 17.7 Å². The van der Waals surface area contributed by atoms with E-state index in [4.69, 9.17) is 17.7 Å². The Hall–Kier alpha value is -8.76. The molecule has 8 aromatic carbocycles. The van der Waals surface area contributed by atoms with Crippen LogP contribution in [0.5, 0.6) is 0 Å². The van der Waals surface area contributed by atoms with Gasteiger partial charge in [-0.25, -0.2) is 4.57 Å². The monoisotopic (exact) mass is 968 g/mol. The minimum atomic E-state index is -0.712. The molecule has 4 aromatic heterocycles. The summed E-state index contributed by atoms with van der Waals surface area (Å²) in [5.74, 6) is 0.0466. The zero-order valence-electron chi connectivity index (χ0n) is 41.2. The second-order valence-corrected chi connectivity index (χ2v) is 21.8. The number of hydrogen-bond donors (Lipinski definition) is 0. The van der Waals surface area contributed by atoms with Crippen molar-refractivity contribution in [2.45, 2.75) is 57.3 Å². The predicted molar refractivity (Wildman–Crippen MR) is 286 cm³/mol. The number of aryl methyl sites for hydroxylation is 1. The van der Waals surface area contributed by atoms with Gasteiger partial charge in [0, 0.05) is 29.7 Å². The van der Waals surface area contributed by atoms with Crippen molar-refractivity contribution in [1.29, 1.82) is 0 Å². The lowest BCUT2D eigenvalue weighted by atomic mass is 9.42.